The monoisotopic (exact) mass is 368 g/mol. The Kier molecular flexibility index (Phi) is 5.11. The van der Waals surface area contributed by atoms with Gasteiger partial charge in [-0.15, -0.1) is 0 Å². The molecule has 1 aliphatic carbocycles. The van der Waals surface area contributed by atoms with Crippen molar-refractivity contribution in [1.29, 1.82) is 0 Å². The number of nitrogens with zero attached hydrogens (tertiary/aromatic N) is 1. The van der Waals surface area contributed by atoms with E-state index in [1.165, 1.54) is 25.0 Å². The smallest absolute Gasteiger partial charge is 0.262 e. The van der Waals surface area contributed by atoms with Crippen molar-refractivity contribution in [2.75, 3.05) is 6.54 Å². The highest BCUT2D eigenvalue weighted by atomic mass is 35.5. The summed E-state index contributed by atoms with van der Waals surface area (Å²) in [5.41, 5.74) is 0.383. The van der Waals surface area contributed by atoms with Crippen molar-refractivity contribution < 1.29 is 14.4 Å². The second kappa shape index (κ2) is 7.11. The first-order valence-electron chi connectivity index (χ1n) is 8.12. The van der Waals surface area contributed by atoms with Gasteiger partial charge in [0.1, 0.15) is 6.54 Å². The number of imide groups is 1. The lowest BCUT2D eigenvalue weighted by molar-refractivity contribution is -0.122. The van der Waals surface area contributed by atoms with Crippen molar-refractivity contribution >= 4 is 40.9 Å². The number of carbonyl (C=O) groups is 3. The Balaban J connectivity index is 1.68. The fourth-order valence-electron chi connectivity index (χ4n) is 3.27. The third-order valence-electron chi connectivity index (χ3n) is 4.53. The van der Waals surface area contributed by atoms with E-state index < -0.39 is 11.8 Å². The molecule has 0 saturated heterocycles. The molecule has 128 valence electrons. The molecule has 1 heterocycles. The van der Waals surface area contributed by atoms with Crippen LogP contribution in [-0.4, -0.2) is 35.2 Å². The summed E-state index contributed by atoms with van der Waals surface area (Å²) in [6.07, 6.45) is 6.45. The van der Waals surface area contributed by atoms with Crippen LogP contribution in [0.2, 0.25) is 10.0 Å². The molecule has 1 aliphatic heterocycles. The minimum atomic E-state index is -0.510. The Morgan fingerprint density at radius 1 is 1.00 bits per heavy atom. The number of hydrogen-bond donors (Lipinski definition) is 1. The summed E-state index contributed by atoms with van der Waals surface area (Å²) in [7, 11) is 0. The highest BCUT2D eigenvalue weighted by Gasteiger charge is 2.37. The van der Waals surface area contributed by atoms with E-state index in [0.717, 1.165) is 30.6 Å². The first-order chi connectivity index (χ1) is 11.5. The molecule has 24 heavy (non-hydrogen) atoms. The molecule has 0 radical (unpaired) electrons. The maximum absolute atomic E-state index is 12.4. The van der Waals surface area contributed by atoms with Crippen LogP contribution < -0.4 is 5.32 Å². The molecule has 1 aromatic rings. The Hall–Kier alpha value is -1.59. The summed E-state index contributed by atoms with van der Waals surface area (Å²) in [5, 5.41) is 3.36. The summed E-state index contributed by atoms with van der Waals surface area (Å²) in [5.74, 6) is -1.33. The number of amides is 3. The Morgan fingerprint density at radius 2 is 1.50 bits per heavy atom. The van der Waals surface area contributed by atoms with E-state index in [0.29, 0.717) is 0 Å². The molecule has 3 amide bonds. The van der Waals surface area contributed by atoms with E-state index in [1.54, 1.807) is 0 Å². The van der Waals surface area contributed by atoms with Gasteiger partial charge in [0.15, 0.2) is 0 Å². The number of carbonyl (C=O) groups excluding carboxylic acids is 3. The lowest BCUT2D eigenvalue weighted by atomic mass is 10.1. The van der Waals surface area contributed by atoms with Crippen LogP contribution in [0.25, 0.3) is 0 Å². The molecule has 7 heteroatoms. The van der Waals surface area contributed by atoms with Crippen LogP contribution in [0, 0.1) is 0 Å². The molecule has 0 unspecified atom stereocenters. The quantitative estimate of drug-likeness (QED) is 0.656. The summed E-state index contributed by atoms with van der Waals surface area (Å²) in [4.78, 5) is 37.9. The number of hydrogen-bond acceptors (Lipinski definition) is 3. The van der Waals surface area contributed by atoms with Gasteiger partial charge in [0.25, 0.3) is 11.8 Å². The standard InChI is InChI=1S/C17H18Cl2N2O3/c18-13-7-11-12(8-14(13)19)17(24)21(16(11)23)9-15(22)20-10-5-3-1-2-4-6-10/h7-8,10H,1-6,9H2,(H,20,22). The molecule has 1 N–H and O–H groups in total. The third-order valence-corrected chi connectivity index (χ3v) is 5.26. The second-order valence-electron chi connectivity index (χ2n) is 6.26. The fourth-order valence-corrected chi connectivity index (χ4v) is 3.60. The number of nitrogens with one attached hydrogen (secondary N) is 1. The molecule has 3 rings (SSSR count). The summed E-state index contributed by atoms with van der Waals surface area (Å²) in [6, 6.07) is 2.88. The van der Waals surface area contributed by atoms with Crippen LogP contribution in [0.15, 0.2) is 12.1 Å². The summed E-state index contributed by atoms with van der Waals surface area (Å²) >= 11 is 11.8. The molecule has 0 spiro atoms. The average molecular weight is 369 g/mol. The molecular weight excluding hydrogens is 351 g/mol. The van der Waals surface area contributed by atoms with Gasteiger partial charge in [0.05, 0.1) is 21.2 Å². The maximum atomic E-state index is 12.4. The van der Waals surface area contributed by atoms with Gasteiger partial charge in [0, 0.05) is 6.04 Å². The summed E-state index contributed by atoms with van der Waals surface area (Å²) in [6.45, 7) is -0.280. The predicted octanol–water partition coefficient (Wildman–Crippen LogP) is 3.43. The highest BCUT2D eigenvalue weighted by Crippen LogP contribution is 2.31. The molecule has 1 aromatic carbocycles. The lowest BCUT2D eigenvalue weighted by Crippen LogP contribution is -2.43. The maximum Gasteiger partial charge on any atom is 0.262 e. The Labute approximate surface area is 150 Å². The number of benzene rings is 1. The van der Waals surface area contributed by atoms with E-state index in [2.05, 4.69) is 5.32 Å². The SMILES string of the molecule is O=C(CN1C(=O)c2cc(Cl)c(Cl)cc2C1=O)NC1CCCCCC1. The molecule has 1 saturated carbocycles. The van der Waals surface area contributed by atoms with Crippen LogP contribution in [0.1, 0.15) is 59.2 Å². The van der Waals surface area contributed by atoms with Gasteiger partial charge in [-0.25, -0.2) is 0 Å². The lowest BCUT2D eigenvalue weighted by Gasteiger charge is -2.19. The van der Waals surface area contributed by atoms with Crippen LogP contribution in [0.5, 0.6) is 0 Å². The van der Waals surface area contributed by atoms with Gasteiger partial charge >= 0.3 is 0 Å². The van der Waals surface area contributed by atoms with Crippen molar-refractivity contribution in [2.24, 2.45) is 0 Å². The number of halogens is 2. The third kappa shape index (κ3) is 3.42. The number of rotatable bonds is 3. The zero-order chi connectivity index (χ0) is 17.3. The van der Waals surface area contributed by atoms with Crippen LogP contribution in [0.4, 0.5) is 0 Å². The Bertz CT molecular complexity index is 656. The van der Waals surface area contributed by atoms with Crippen molar-refractivity contribution in [3.63, 3.8) is 0 Å². The first kappa shape index (κ1) is 17.2. The topological polar surface area (TPSA) is 66.5 Å². The van der Waals surface area contributed by atoms with Crippen molar-refractivity contribution in [3.8, 4) is 0 Å². The zero-order valence-electron chi connectivity index (χ0n) is 13.1. The molecule has 0 aromatic heterocycles. The van der Waals surface area contributed by atoms with Gasteiger partial charge in [-0.3, -0.25) is 19.3 Å². The van der Waals surface area contributed by atoms with E-state index in [-0.39, 0.29) is 39.7 Å². The van der Waals surface area contributed by atoms with Crippen LogP contribution in [-0.2, 0) is 4.79 Å². The zero-order valence-corrected chi connectivity index (χ0v) is 14.6. The Morgan fingerprint density at radius 3 is 2.00 bits per heavy atom. The highest BCUT2D eigenvalue weighted by molar-refractivity contribution is 6.43. The van der Waals surface area contributed by atoms with E-state index in [1.807, 2.05) is 0 Å². The van der Waals surface area contributed by atoms with E-state index >= 15 is 0 Å². The first-order valence-corrected chi connectivity index (χ1v) is 8.87. The van der Waals surface area contributed by atoms with Crippen molar-refractivity contribution in [1.82, 2.24) is 10.2 Å². The molecule has 5 nitrogen and oxygen atoms in total. The van der Waals surface area contributed by atoms with E-state index in [9.17, 15) is 14.4 Å². The van der Waals surface area contributed by atoms with Gasteiger partial charge in [-0.05, 0) is 25.0 Å². The van der Waals surface area contributed by atoms with Gasteiger partial charge in [0.2, 0.25) is 5.91 Å². The summed E-state index contributed by atoms with van der Waals surface area (Å²) < 4.78 is 0. The molecular formula is C17H18Cl2N2O3. The van der Waals surface area contributed by atoms with Gasteiger partial charge in [-0.2, -0.15) is 0 Å². The van der Waals surface area contributed by atoms with Crippen LogP contribution >= 0.6 is 23.2 Å². The minimum Gasteiger partial charge on any atom is -0.352 e. The molecule has 1 fully saturated rings. The van der Waals surface area contributed by atoms with Crippen molar-refractivity contribution in [3.05, 3.63) is 33.3 Å². The fraction of sp³-hybridized carbons (Fsp3) is 0.471. The minimum absolute atomic E-state index is 0.124. The molecule has 0 bridgehead atoms. The average Bonchev–Trinajstić information content (AvgIpc) is 2.75. The molecule has 2 aliphatic rings. The number of fused-ring (bicyclic) bond motifs is 1. The largest absolute Gasteiger partial charge is 0.352 e. The van der Waals surface area contributed by atoms with Gasteiger partial charge < -0.3 is 5.32 Å². The van der Waals surface area contributed by atoms with Crippen molar-refractivity contribution in [2.45, 2.75) is 44.6 Å². The van der Waals surface area contributed by atoms with E-state index in [4.69, 9.17) is 23.2 Å². The normalized spacial score (nSPS) is 18.5. The second-order valence-corrected chi connectivity index (χ2v) is 7.08. The molecule has 0 atom stereocenters. The van der Waals surface area contributed by atoms with Crippen LogP contribution in [0.3, 0.4) is 0 Å². The predicted molar refractivity (Wildman–Crippen MR) is 91.5 cm³/mol. The van der Waals surface area contributed by atoms with Gasteiger partial charge in [-0.1, -0.05) is 48.9 Å².